The number of benzene rings is 3. The van der Waals surface area contributed by atoms with Gasteiger partial charge in [-0.25, -0.2) is 0 Å². The van der Waals surface area contributed by atoms with E-state index in [1.165, 1.54) is 0 Å². The zero-order valence-electron chi connectivity index (χ0n) is 18.5. The topological polar surface area (TPSA) is 84.9 Å². The lowest BCUT2D eigenvalue weighted by atomic mass is 10.2. The second-order valence-electron chi connectivity index (χ2n) is 7.38. The number of imide groups is 1. The summed E-state index contributed by atoms with van der Waals surface area (Å²) < 4.78 is 12.1. The molecule has 0 aromatic heterocycles. The van der Waals surface area contributed by atoms with Crippen molar-refractivity contribution in [1.29, 1.82) is 0 Å². The van der Waals surface area contributed by atoms with Crippen molar-refractivity contribution >= 4 is 56.5 Å². The van der Waals surface area contributed by atoms with Crippen LogP contribution < -0.4 is 14.8 Å². The molecule has 3 aromatic rings. The first-order chi connectivity index (χ1) is 17.0. The number of anilines is 1. The van der Waals surface area contributed by atoms with E-state index in [0.717, 1.165) is 22.4 Å². The molecule has 0 saturated carbocycles. The van der Waals surface area contributed by atoms with Crippen molar-refractivity contribution in [3.8, 4) is 11.5 Å². The summed E-state index contributed by atoms with van der Waals surface area (Å²) in [7, 11) is 0. The van der Waals surface area contributed by atoms with Crippen molar-refractivity contribution in [2.24, 2.45) is 0 Å². The summed E-state index contributed by atoms with van der Waals surface area (Å²) in [5, 5.41) is 2.21. The molecule has 7 nitrogen and oxygen atoms in total. The third-order valence-corrected chi connectivity index (χ3v) is 6.44. The SMILES string of the molecule is O=C(CN1C(=O)S/C(=C/c2cccc(OCCOc3ccccc3)c2)C1=O)Nc1ccccc1Br. The lowest BCUT2D eigenvalue weighted by Gasteiger charge is -2.13. The maximum absolute atomic E-state index is 12.8. The van der Waals surface area contributed by atoms with Crippen LogP contribution in [0, 0.1) is 0 Å². The minimum absolute atomic E-state index is 0.244. The van der Waals surface area contributed by atoms with Gasteiger partial charge in [0.25, 0.3) is 11.1 Å². The predicted molar refractivity (Wildman–Crippen MR) is 139 cm³/mol. The van der Waals surface area contributed by atoms with E-state index in [0.29, 0.717) is 34.7 Å². The van der Waals surface area contributed by atoms with E-state index in [4.69, 9.17) is 9.47 Å². The summed E-state index contributed by atoms with van der Waals surface area (Å²) in [6.07, 6.45) is 1.61. The lowest BCUT2D eigenvalue weighted by Crippen LogP contribution is -2.36. The molecule has 0 unspecified atom stereocenters. The van der Waals surface area contributed by atoms with Gasteiger partial charge in [-0.1, -0.05) is 42.5 Å². The van der Waals surface area contributed by atoms with E-state index in [-0.39, 0.29) is 11.4 Å². The third kappa shape index (κ3) is 6.74. The summed E-state index contributed by atoms with van der Waals surface area (Å²) in [6.45, 7) is 0.365. The monoisotopic (exact) mass is 552 g/mol. The average Bonchev–Trinajstić information content (AvgIpc) is 3.11. The van der Waals surface area contributed by atoms with Gasteiger partial charge < -0.3 is 14.8 Å². The van der Waals surface area contributed by atoms with Gasteiger partial charge >= 0.3 is 0 Å². The number of hydrogen-bond acceptors (Lipinski definition) is 6. The summed E-state index contributed by atoms with van der Waals surface area (Å²) >= 11 is 4.15. The fourth-order valence-electron chi connectivity index (χ4n) is 3.21. The molecule has 9 heteroatoms. The number of amides is 3. The molecule has 0 radical (unpaired) electrons. The summed E-state index contributed by atoms with van der Waals surface area (Å²) in [5.74, 6) is 0.409. The highest BCUT2D eigenvalue weighted by molar-refractivity contribution is 9.10. The maximum atomic E-state index is 12.8. The number of carbonyl (C=O) groups excluding carboxylic acids is 3. The van der Waals surface area contributed by atoms with Crippen LogP contribution in [0.3, 0.4) is 0 Å². The molecule has 35 heavy (non-hydrogen) atoms. The third-order valence-electron chi connectivity index (χ3n) is 4.84. The van der Waals surface area contributed by atoms with Crippen LogP contribution in [0.25, 0.3) is 6.08 Å². The highest BCUT2D eigenvalue weighted by atomic mass is 79.9. The number of para-hydroxylation sites is 2. The molecule has 1 aliphatic heterocycles. The highest BCUT2D eigenvalue weighted by Crippen LogP contribution is 2.32. The van der Waals surface area contributed by atoms with E-state index < -0.39 is 17.1 Å². The number of thioether (sulfide) groups is 1. The first kappa shape index (κ1) is 24.6. The molecule has 178 valence electrons. The van der Waals surface area contributed by atoms with Crippen LogP contribution in [0.5, 0.6) is 11.5 Å². The Balaban J connectivity index is 1.33. The van der Waals surface area contributed by atoms with Crippen LogP contribution in [-0.2, 0) is 9.59 Å². The number of rotatable bonds is 9. The van der Waals surface area contributed by atoms with Gasteiger partial charge in [-0.3, -0.25) is 19.3 Å². The smallest absolute Gasteiger partial charge is 0.294 e. The van der Waals surface area contributed by atoms with Crippen LogP contribution in [0.1, 0.15) is 5.56 Å². The fourth-order valence-corrected chi connectivity index (χ4v) is 4.44. The zero-order chi connectivity index (χ0) is 24.6. The Kier molecular flexibility index (Phi) is 8.23. The molecule has 1 fully saturated rings. The van der Waals surface area contributed by atoms with Crippen molar-refractivity contribution in [1.82, 2.24) is 4.90 Å². The van der Waals surface area contributed by atoms with Crippen molar-refractivity contribution in [2.75, 3.05) is 25.1 Å². The number of nitrogens with zero attached hydrogens (tertiary/aromatic N) is 1. The first-order valence-corrected chi connectivity index (χ1v) is 12.3. The van der Waals surface area contributed by atoms with E-state index in [1.54, 1.807) is 48.5 Å². The fraction of sp³-hybridized carbons (Fsp3) is 0.115. The molecule has 0 spiro atoms. The van der Waals surface area contributed by atoms with Crippen molar-refractivity contribution in [3.05, 3.63) is 93.8 Å². The number of nitrogens with one attached hydrogen (secondary N) is 1. The molecule has 1 heterocycles. The molecular weight excluding hydrogens is 532 g/mol. The first-order valence-electron chi connectivity index (χ1n) is 10.7. The molecule has 1 aliphatic rings. The Morgan fingerprint density at radius 2 is 1.60 bits per heavy atom. The number of ether oxygens (including phenoxy) is 2. The summed E-state index contributed by atoms with van der Waals surface area (Å²) in [5.41, 5.74) is 1.26. The minimum atomic E-state index is -0.509. The zero-order valence-corrected chi connectivity index (χ0v) is 20.9. The Bertz CT molecular complexity index is 1270. The summed E-state index contributed by atoms with van der Waals surface area (Å²) in [4.78, 5) is 38.8. The highest BCUT2D eigenvalue weighted by Gasteiger charge is 2.36. The molecule has 1 saturated heterocycles. The van der Waals surface area contributed by atoms with Crippen molar-refractivity contribution in [3.63, 3.8) is 0 Å². The number of halogens is 1. The molecule has 3 amide bonds. The Labute approximate surface area is 215 Å². The van der Waals surface area contributed by atoms with Crippen LogP contribution >= 0.6 is 27.7 Å². The Hall–Kier alpha value is -3.56. The van der Waals surface area contributed by atoms with E-state index >= 15 is 0 Å². The molecule has 4 rings (SSSR count). The van der Waals surface area contributed by atoms with Crippen LogP contribution in [-0.4, -0.2) is 41.7 Å². The van der Waals surface area contributed by atoms with Gasteiger partial charge in [-0.2, -0.15) is 0 Å². The molecule has 1 N–H and O–H groups in total. The second-order valence-corrected chi connectivity index (χ2v) is 9.23. The largest absolute Gasteiger partial charge is 0.490 e. The van der Waals surface area contributed by atoms with Gasteiger partial charge in [0.15, 0.2) is 0 Å². The van der Waals surface area contributed by atoms with Crippen LogP contribution in [0.15, 0.2) is 88.2 Å². The molecular formula is C26H21BrN2O5S. The van der Waals surface area contributed by atoms with Gasteiger partial charge in [0.05, 0.1) is 10.6 Å². The minimum Gasteiger partial charge on any atom is -0.490 e. The number of carbonyl (C=O) groups is 3. The quantitative estimate of drug-likeness (QED) is 0.275. The molecule has 0 bridgehead atoms. The average molecular weight is 553 g/mol. The molecule has 3 aromatic carbocycles. The second kappa shape index (κ2) is 11.7. The van der Waals surface area contributed by atoms with Crippen LogP contribution in [0.4, 0.5) is 10.5 Å². The Morgan fingerprint density at radius 3 is 2.37 bits per heavy atom. The summed E-state index contributed by atoms with van der Waals surface area (Å²) in [6, 6.07) is 23.7. The van der Waals surface area contributed by atoms with Gasteiger partial charge in [0.1, 0.15) is 31.3 Å². The van der Waals surface area contributed by atoms with E-state index in [2.05, 4.69) is 21.2 Å². The predicted octanol–water partition coefficient (Wildman–Crippen LogP) is 5.58. The van der Waals surface area contributed by atoms with Gasteiger partial charge in [0, 0.05) is 4.47 Å². The van der Waals surface area contributed by atoms with Gasteiger partial charge in [-0.05, 0) is 75.7 Å². The van der Waals surface area contributed by atoms with E-state index in [9.17, 15) is 14.4 Å². The molecule has 0 aliphatic carbocycles. The number of hydrogen-bond donors (Lipinski definition) is 1. The lowest BCUT2D eigenvalue weighted by molar-refractivity contribution is -0.127. The van der Waals surface area contributed by atoms with Gasteiger partial charge in [0.2, 0.25) is 5.91 Å². The maximum Gasteiger partial charge on any atom is 0.294 e. The van der Waals surface area contributed by atoms with Crippen LogP contribution in [0.2, 0.25) is 0 Å². The van der Waals surface area contributed by atoms with Crippen molar-refractivity contribution in [2.45, 2.75) is 0 Å². The Morgan fingerprint density at radius 1 is 0.914 bits per heavy atom. The van der Waals surface area contributed by atoms with Crippen molar-refractivity contribution < 1.29 is 23.9 Å². The van der Waals surface area contributed by atoms with E-state index in [1.807, 2.05) is 36.4 Å². The van der Waals surface area contributed by atoms with Gasteiger partial charge in [-0.15, -0.1) is 0 Å². The standard InChI is InChI=1S/C26H21BrN2O5S/c27-21-11-4-5-12-22(21)28-24(30)17-29-25(31)23(35-26(29)32)16-18-7-6-10-20(15-18)34-14-13-33-19-8-2-1-3-9-19/h1-12,15-16H,13-14,17H2,(H,28,30)/b23-16+. The molecule has 0 atom stereocenters. The normalized spacial score (nSPS) is 14.3.